The van der Waals surface area contributed by atoms with Crippen molar-refractivity contribution >= 4 is 0 Å². The van der Waals surface area contributed by atoms with Gasteiger partial charge in [-0.05, 0) is 31.0 Å². The Labute approximate surface area is 134 Å². The van der Waals surface area contributed by atoms with Gasteiger partial charge in [0.1, 0.15) is 18.1 Å². The standard InChI is InChI=1S/C18H20FNO3/c1-11(15-4-3-5-16(21)18(15)19)20-13-8-12-6-7-14(22-2)9-17(12)23-10-13/h3-7,9,11,13,20-21H,8,10H2,1-2H3. The van der Waals surface area contributed by atoms with E-state index in [2.05, 4.69) is 5.32 Å². The molecule has 0 bridgehead atoms. The summed E-state index contributed by atoms with van der Waals surface area (Å²) in [6.07, 6.45) is 0.796. The van der Waals surface area contributed by atoms with Crippen molar-refractivity contribution in [3.05, 3.63) is 53.3 Å². The quantitative estimate of drug-likeness (QED) is 0.909. The third-order valence-electron chi connectivity index (χ3n) is 4.14. The molecule has 23 heavy (non-hydrogen) atoms. The van der Waals surface area contributed by atoms with Crippen LogP contribution in [0, 0.1) is 5.82 Å². The van der Waals surface area contributed by atoms with Crippen LogP contribution in [0.15, 0.2) is 36.4 Å². The van der Waals surface area contributed by atoms with Gasteiger partial charge in [0.05, 0.1) is 7.11 Å². The van der Waals surface area contributed by atoms with Gasteiger partial charge in [0, 0.05) is 23.7 Å². The van der Waals surface area contributed by atoms with Crippen molar-refractivity contribution in [3.8, 4) is 17.2 Å². The van der Waals surface area contributed by atoms with Crippen LogP contribution in [-0.4, -0.2) is 24.9 Å². The molecule has 0 saturated carbocycles. The summed E-state index contributed by atoms with van der Waals surface area (Å²) >= 11 is 0. The zero-order valence-electron chi connectivity index (χ0n) is 13.2. The van der Waals surface area contributed by atoms with Crippen LogP contribution in [0.2, 0.25) is 0 Å². The minimum Gasteiger partial charge on any atom is -0.505 e. The first kappa shape index (κ1) is 15.6. The SMILES string of the molecule is COc1ccc2c(c1)OCC(NC(C)c1cccc(O)c1F)C2. The molecule has 122 valence electrons. The summed E-state index contributed by atoms with van der Waals surface area (Å²) in [5.74, 6) is 0.701. The highest BCUT2D eigenvalue weighted by Crippen LogP contribution is 2.30. The Kier molecular flexibility index (Phi) is 4.39. The van der Waals surface area contributed by atoms with Crippen LogP contribution >= 0.6 is 0 Å². The van der Waals surface area contributed by atoms with E-state index in [-0.39, 0.29) is 17.8 Å². The van der Waals surface area contributed by atoms with Crippen molar-refractivity contribution in [1.29, 1.82) is 0 Å². The van der Waals surface area contributed by atoms with Gasteiger partial charge in [0.15, 0.2) is 11.6 Å². The van der Waals surface area contributed by atoms with Crippen molar-refractivity contribution in [3.63, 3.8) is 0 Å². The number of rotatable bonds is 4. The number of fused-ring (bicyclic) bond motifs is 1. The van der Waals surface area contributed by atoms with E-state index < -0.39 is 5.82 Å². The summed E-state index contributed by atoms with van der Waals surface area (Å²) < 4.78 is 25.0. The van der Waals surface area contributed by atoms with Crippen LogP contribution in [0.3, 0.4) is 0 Å². The molecule has 2 N–H and O–H groups in total. The topological polar surface area (TPSA) is 50.7 Å². The first-order valence-corrected chi connectivity index (χ1v) is 7.61. The van der Waals surface area contributed by atoms with Crippen LogP contribution in [-0.2, 0) is 6.42 Å². The first-order valence-electron chi connectivity index (χ1n) is 7.61. The Morgan fingerprint density at radius 3 is 2.96 bits per heavy atom. The molecule has 0 saturated heterocycles. The van der Waals surface area contributed by atoms with Crippen LogP contribution in [0.4, 0.5) is 4.39 Å². The highest BCUT2D eigenvalue weighted by atomic mass is 19.1. The average Bonchev–Trinajstić information content (AvgIpc) is 2.56. The predicted molar refractivity (Wildman–Crippen MR) is 85.6 cm³/mol. The number of methoxy groups -OCH3 is 1. The van der Waals surface area contributed by atoms with Crippen molar-refractivity contribution in [2.45, 2.75) is 25.4 Å². The van der Waals surface area contributed by atoms with Crippen LogP contribution in [0.25, 0.3) is 0 Å². The number of benzene rings is 2. The van der Waals surface area contributed by atoms with Gasteiger partial charge < -0.3 is 19.9 Å². The van der Waals surface area contributed by atoms with Gasteiger partial charge in [0.2, 0.25) is 0 Å². The van der Waals surface area contributed by atoms with Crippen LogP contribution in [0.5, 0.6) is 17.2 Å². The average molecular weight is 317 g/mol. The first-order chi connectivity index (χ1) is 11.1. The lowest BCUT2D eigenvalue weighted by Gasteiger charge is -2.29. The van der Waals surface area contributed by atoms with E-state index in [0.717, 1.165) is 23.5 Å². The molecular weight excluding hydrogens is 297 g/mol. The Hall–Kier alpha value is -2.27. The van der Waals surface area contributed by atoms with Crippen molar-refractivity contribution in [2.24, 2.45) is 0 Å². The molecular formula is C18H20FNO3. The van der Waals surface area contributed by atoms with Crippen LogP contribution in [0.1, 0.15) is 24.1 Å². The van der Waals surface area contributed by atoms with E-state index in [1.165, 1.54) is 6.07 Å². The number of ether oxygens (including phenoxy) is 2. The maximum Gasteiger partial charge on any atom is 0.169 e. The van der Waals surface area contributed by atoms with Gasteiger partial charge in [-0.15, -0.1) is 0 Å². The molecule has 4 nitrogen and oxygen atoms in total. The molecule has 2 atom stereocenters. The van der Waals surface area contributed by atoms with E-state index in [9.17, 15) is 9.50 Å². The molecule has 1 aliphatic rings. The number of hydrogen-bond donors (Lipinski definition) is 2. The highest BCUT2D eigenvalue weighted by molar-refractivity contribution is 5.42. The summed E-state index contributed by atoms with van der Waals surface area (Å²) in [4.78, 5) is 0. The zero-order valence-corrected chi connectivity index (χ0v) is 13.2. The fourth-order valence-electron chi connectivity index (χ4n) is 2.90. The van der Waals surface area contributed by atoms with E-state index >= 15 is 0 Å². The number of nitrogens with one attached hydrogen (secondary N) is 1. The summed E-state index contributed by atoms with van der Waals surface area (Å²) in [5, 5.41) is 12.9. The van der Waals surface area contributed by atoms with E-state index in [1.54, 1.807) is 19.2 Å². The van der Waals surface area contributed by atoms with Gasteiger partial charge in [-0.1, -0.05) is 18.2 Å². The monoisotopic (exact) mass is 317 g/mol. The van der Waals surface area contributed by atoms with E-state index in [0.29, 0.717) is 12.2 Å². The normalized spacial score (nSPS) is 18.0. The number of phenolic OH excluding ortho intramolecular Hbond substituents is 1. The lowest BCUT2D eigenvalue weighted by atomic mass is 10.00. The molecule has 0 radical (unpaired) electrons. The summed E-state index contributed by atoms with van der Waals surface area (Å²) in [6.45, 7) is 2.38. The Balaban J connectivity index is 1.70. The summed E-state index contributed by atoms with van der Waals surface area (Å²) in [7, 11) is 1.63. The largest absolute Gasteiger partial charge is 0.505 e. The fraction of sp³-hybridized carbons (Fsp3) is 0.333. The molecule has 0 spiro atoms. The minimum absolute atomic E-state index is 0.0765. The predicted octanol–water partition coefficient (Wildman–Crippen LogP) is 3.19. The number of halogens is 1. The third-order valence-corrected chi connectivity index (χ3v) is 4.14. The second kappa shape index (κ2) is 6.46. The lowest BCUT2D eigenvalue weighted by Crippen LogP contribution is -2.40. The third kappa shape index (κ3) is 3.24. The van der Waals surface area contributed by atoms with Gasteiger partial charge in [-0.25, -0.2) is 4.39 Å². The summed E-state index contributed by atoms with van der Waals surface area (Å²) in [6, 6.07) is 10.3. The zero-order chi connectivity index (χ0) is 16.4. The molecule has 3 rings (SSSR count). The second-order valence-corrected chi connectivity index (χ2v) is 5.75. The number of hydrogen-bond acceptors (Lipinski definition) is 4. The Bertz CT molecular complexity index is 705. The maximum atomic E-state index is 14.0. The molecule has 5 heteroatoms. The minimum atomic E-state index is -0.575. The van der Waals surface area contributed by atoms with Gasteiger partial charge >= 0.3 is 0 Å². The van der Waals surface area contributed by atoms with Crippen molar-refractivity contribution in [2.75, 3.05) is 13.7 Å². The molecule has 2 aromatic carbocycles. The van der Waals surface area contributed by atoms with Crippen molar-refractivity contribution in [1.82, 2.24) is 5.32 Å². The molecule has 2 aromatic rings. The van der Waals surface area contributed by atoms with Gasteiger partial charge in [0.25, 0.3) is 0 Å². The Morgan fingerprint density at radius 1 is 1.35 bits per heavy atom. The molecule has 0 aromatic heterocycles. The smallest absolute Gasteiger partial charge is 0.169 e. The maximum absolute atomic E-state index is 14.0. The lowest BCUT2D eigenvalue weighted by molar-refractivity contribution is 0.227. The van der Waals surface area contributed by atoms with Crippen molar-refractivity contribution < 1.29 is 19.0 Å². The number of aromatic hydroxyl groups is 1. The fourth-order valence-corrected chi connectivity index (χ4v) is 2.90. The molecule has 1 aliphatic heterocycles. The van der Waals surface area contributed by atoms with Gasteiger partial charge in [-0.3, -0.25) is 0 Å². The molecule has 0 fully saturated rings. The molecule has 1 heterocycles. The van der Waals surface area contributed by atoms with Crippen LogP contribution < -0.4 is 14.8 Å². The van der Waals surface area contributed by atoms with E-state index in [4.69, 9.17) is 9.47 Å². The second-order valence-electron chi connectivity index (χ2n) is 5.75. The summed E-state index contributed by atoms with van der Waals surface area (Å²) in [5.41, 5.74) is 1.55. The van der Waals surface area contributed by atoms with E-state index in [1.807, 2.05) is 25.1 Å². The highest BCUT2D eigenvalue weighted by Gasteiger charge is 2.23. The Morgan fingerprint density at radius 2 is 2.17 bits per heavy atom. The molecule has 2 unspecified atom stereocenters. The molecule has 0 aliphatic carbocycles. The van der Waals surface area contributed by atoms with Gasteiger partial charge in [-0.2, -0.15) is 0 Å². The molecule has 0 amide bonds. The number of phenols is 1.